The van der Waals surface area contributed by atoms with Crippen molar-refractivity contribution in [2.45, 2.75) is 11.3 Å². The Morgan fingerprint density at radius 1 is 1.50 bits per heavy atom. The summed E-state index contributed by atoms with van der Waals surface area (Å²) in [4.78, 5) is 10.4. The Kier molecular flexibility index (Phi) is 4.16. The van der Waals surface area contributed by atoms with Crippen molar-refractivity contribution in [3.05, 3.63) is 29.8 Å². The third-order valence-corrected chi connectivity index (χ3v) is 3.95. The molecule has 0 aliphatic heterocycles. The van der Waals surface area contributed by atoms with Gasteiger partial charge in [0.25, 0.3) is 0 Å². The lowest BCUT2D eigenvalue weighted by atomic mass is 10.2. The highest BCUT2D eigenvalue weighted by Crippen LogP contribution is 2.27. The van der Waals surface area contributed by atoms with Crippen LogP contribution in [0.25, 0.3) is 0 Å². The van der Waals surface area contributed by atoms with Crippen LogP contribution in [0.15, 0.2) is 28.6 Å². The van der Waals surface area contributed by atoms with Gasteiger partial charge in [0.15, 0.2) is 4.34 Å². The Labute approximate surface area is 112 Å². The fraction of sp³-hybridized carbons (Fsp3) is 0.182. The molecule has 0 saturated carbocycles. The molecule has 0 radical (unpaired) electrons. The van der Waals surface area contributed by atoms with Crippen LogP contribution in [0.1, 0.15) is 5.56 Å². The van der Waals surface area contributed by atoms with Gasteiger partial charge in [-0.25, -0.2) is 0 Å². The number of nitrogens with one attached hydrogen (secondary N) is 1. The first-order chi connectivity index (χ1) is 8.63. The maximum absolute atomic E-state index is 10.4. The highest BCUT2D eigenvalue weighted by atomic mass is 32.2. The Bertz CT molecular complexity index is 557. The number of thioether (sulfide) groups is 1. The van der Waals surface area contributed by atoms with Crippen LogP contribution in [-0.2, 0) is 4.79 Å². The first-order valence-electron chi connectivity index (χ1n) is 5.15. The topological polar surface area (TPSA) is 75.1 Å². The first kappa shape index (κ1) is 12.8. The van der Waals surface area contributed by atoms with Gasteiger partial charge in [-0.05, 0) is 24.6 Å². The smallest absolute Gasteiger partial charge is 0.313 e. The number of hydrogen-bond donors (Lipinski definition) is 2. The predicted molar refractivity (Wildman–Crippen MR) is 72.7 cm³/mol. The van der Waals surface area contributed by atoms with Gasteiger partial charge in [0, 0.05) is 5.69 Å². The van der Waals surface area contributed by atoms with E-state index in [9.17, 15) is 4.79 Å². The van der Waals surface area contributed by atoms with E-state index in [4.69, 9.17) is 5.11 Å². The lowest BCUT2D eigenvalue weighted by Crippen LogP contribution is -1.96. The van der Waals surface area contributed by atoms with E-state index in [1.54, 1.807) is 0 Å². The van der Waals surface area contributed by atoms with Crippen LogP contribution in [0.4, 0.5) is 10.8 Å². The minimum absolute atomic E-state index is 0.000914. The minimum atomic E-state index is -0.858. The average Bonchev–Trinajstić information content (AvgIpc) is 2.74. The number of benzene rings is 1. The van der Waals surface area contributed by atoms with Gasteiger partial charge < -0.3 is 10.4 Å². The Hall–Kier alpha value is -1.60. The molecule has 0 unspecified atom stereocenters. The van der Waals surface area contributed by atoms with E-state index in [0.717, 1.165) is 11.3 Å². The third-order valence-electron chi connectivity index (χ3n) is 1.99. The zero-order valence-electron chi connectivity index (χ0n) is 9.58. The summed E-state index contributed by atoms with van der Waals surface area (Å²) in [6, 6.07) is 7.92. The summed E-state index contributed by atoms with van der Waals surface area (Å²) >= 11 is 2.51. The van der Waals surface area contributed by atoms with Crippen LogP contribution >= 0.6 is 23.1 Å². The number of aryl methyl sites for hydroxylation is 1. The van der Waals surface area contributed by atoms with Crippen LogP contribution in [0.3, 0.4) is 0 Å². The van der Waals surface area contributed by atoms with E-state index in [1.807, 2.05) is 31.2 Å². The van der Waals surface area contributed by atoms with Gasteiger partial charge in [-0.2, -0.15) is 0 Å². The third kappa shape index (κ3) is 3.71. The van der Waals surface area contributed by atoms with Gasteiger partial charge >= 0.3 is 5.97 Å². The number of nitrogens with zero attached hydrogens (tertiary/aromatic N) is 2. The molecule has 0 spiro atoms. The van der Waals surface area contributed by atoms with Crippen LogP contribution in [0.2, 0.25) is 0 Å². The lowest BCUT2D eigenvalue weighted by molar-refractivity contribution is -0.133. The molecule has 5 nitrogen and oxygen atoms in total. The van der Waals surface area contributed by atoms with E-state index >= 15 is 0 Å². The molecule has 7 heteroatoms. The molecule has 18 heavy (non-hydrogen) atoms. The Balaban J connectivity index is 2.00. The Morgan fingerprint density at radius 3 is 3.06 bits per heavy atom. The minimum Gasteiger partial charge on any atom is -0.481 e. The van der Waals surface area contributed by atoms with Crippen molar-refractivity contribution in [2.24, 2.45) is 0 Å². The van der Waals surface area contributed by atoms with Crippen molar-refractivity contribution >= 4 is 39.9 Å². The molecule has 94 valence electrons. The number of aromatic nitrogens is 2. The number of carboxylic acid groups (broad SMARTS) is 1. The number of carbonyl (C=O) groups is 1. The quantitative estimate of drug-likeness (QED) is 0.821. The second-order valence-corrected chi connectivity index (χ2v) is 5.75. The summed E-state index contributed by atoms with van der Waals surface area (Å²) in [6.45, 7) is 2.01. The van der Waals surface area contributed by atoms with Gasteiger partial charge in [-0.1, -0.05) is 35.2 Å². The second-order valence-electron chi connectivity index (χ2n) is 3.55. The number of rotatable bonds is 5. The molecule has 1 aromatic carbocycles. The zero-order chi connectivity index (χ0) is 13.0. The summed E-state index contributed by atoms with van der Waals surface area (Å²) < 4.78 is 0.646. The number of aliphatic carboxylic acids is 1. The summed E-state index contributed by atoms with van der Waals surface area (Å²) in [6.07, 6.45) is 0. The van der Waals surface area contributed by atoms with E-state index in [2.05, 4.69) is 15.5 Å². The summed E-state index contributed by atoms with van der Waals surface area (Å²) in [5, 5.41) is 20.2. The standard InChI is InChI=1S/C11H11N3O2S2/c1-7-3-2-4-8(5-7)12-10-13-14-11(18-10)17-6-9(15)16/h2-5H,6H2,1H3,(H,12,13)(H,15,16). The molecule has 2 N–H and O–H groups in total. The van der Waals surface area contributed by atoms with Crippen molar-refractivity contribution in [3.63, 3.8) is 0 Å². The molecule has 0 fully saturated rings. The van der Waals surface area contributed by atoms with Crippen molar-refractivity contribution < 1.29 is 9.90 Å². The van der Waals surface area contributed by atoms with Crippen LogP contribution < -0.4 is 5.32 Å². The SMILES string of the molecule is Cc1cccc(Nc2nnc(SCC(=O)O)s2)c1. The van der Waals surface area contributed by atoms with E-state index in [-0.39, 0.29) is 5.75 Å². The van der Waals surface area contributed by atoms with Crippen molar-refractivity contribution in [1.82, 2.24) is 10.2 Å². The van der Waals surface area contributed by atoms with Gasteiger partial charge in [-0.15, -0.1) is 10.2 Å². The molecule has 0 aliphatic rings. The van der Waals surface area contributed by atoms with Gasteiger partial charge in [-0.3, -0.25) is 4.79 Å². The van der Waals surface area contributed by atoms with E-state index < -0.39 is 5.97 Å². The predicted octanol–water partition coefficient (Wildman–Crippen LogP) is 2.77. The fourth-order valence-corrected chi connectivity index (χ4v) is 2.78. The largest absolute Gasteiger partial charge is 0.481 e. The highest BCUT2D eigenvalue weighted by molar-refractivity contribution is 8.01. The maximum Gasteiger partial charge on any atom is 0.313 e. The summed E-state index contributed by atoms with van der Waals surface area (Å²) in [7, 11) is 0. The van der Waals surface area contributed by atoms with Gasteiger partial charge in [0.05, 0.1) is 5.75 Å². The maximum atomic E-state index is 10.4. The monoisotopic (exact) mass is 281 g/mol. The molecular formula is C11H11N3O2S2. The lowest BCUT2D eigenvalue weighted by Gasteiger charge is -2.01. The molecule has 1 aromatic heterocycles. The normalized spacial score (nSPS) is 10.3. The Morgan fingerprint density at radius 2 is 2.33 bits per heavy atom. The second kappa shape index (κ2) is 5.83. The molecule has 0 saturated heterocycles. The fourth-order valence-electron chi connectivity index (χ4n) is 1.29. The van der Waals surface area contributed by atoms with E-state index in [0.29, 0.717) is 9.47 Å². The van der Waals surface area contributed by atoms with Crippen molar-refractivity contribution in [2.75, 3.05) is 11.1 Å². The molecule has 2 rings (SSSR count). The van der Waals surface area contributed by atoms with E-state index in [1.165, 1.54) is 23.1 Å². The molecule has 0 aliphatic carbocycles. The van der Waals surface area contributed by atoms with Crippen LogP contribution in [-0.4, -0.2) is 27.0 Å². The molecule has 1 heterocycles. The molecule has 0 atom stereocenters. The zero-order valence-corrected chi connectivity index (χ0v) is 11.2. The van der Waals surface area contributed by atoms with Crippen LogP contribution in [0, 0.1) is 6.92 Å². The number of anilines is 2. The highest BCUT2D eigenvalue weighted by Gasteiger charge is 2.07. The molecule has 0 amide bonds. The molecule has 0 bridgehead atoms. The first-order valence-corrected chi connectivity index (χ1v) is 6.95. The molecule has 2 aromatic rings. The number of hydrogen-bond acceptors (Lipinski definition) is 6. The van der Waals surface area contributed by atoms with Crippen LogP contribution in [0.5, 0.6) is 0 Å². The van der Waals surface area contributed by atoms with Gasteiger partial charge in [0.2, 0.25) is 5.13 Å². The summed E-state index contributed by atoms with van der Waals surface area (Å²) in [5.74, 6) is -0.859. The molecular weight excluding hydrogens is 270 g/mol. The van der Waals surface area contributed by atoms with Crippen molar-refractivity contribution in [1.29, 1.82) is 0 Å². The van der Waals surface area contributed by atoms with Crippen molar-refractivity contribution in [3.8, 4) is 0 Å². The summed E-state index contributed by atoms with van der Waals surface area (Å²) in [5.41, 5.74) is 2.10. The van der Waals surface area contributed by atoms with Gasteiger partial charge in [0.1, 0.15) is 0 Å². The average molecular weight is 281 g/mol. The number of carboxylic acids is 1.